The second-order valence-corrected chi connectivity index (χ2v) is 4.08. The lowest BCUT2D eigenvalue weighted by Gasteiger charge is -2.26. The van der Waals surface area contributed by atoms with E-state index < -0.39 is 0 Å². The van der Waals surface area contributed by atoms with Crippen molar-refractivity contribution < 1.29 is 0 Å². The van der Waals surface area contributed by atoms with Crippen LogP contribution in [-0.2, 0) is 6.54 Å². The molecule has 0 saturated carbocycles. The van der Waals surface area contributed by atoms with Crippen molar-refractivity contribution in [3.63, 3.8) is 0 Å². The Morgan fingerprint density at radius 3 is 2.12 bits per heavy atom. The van der Waals surface area contributed by atoms with Gasteiger partial charge in [-0.1, -0.05) is 32.4 Å². The number of benzene rings is 1. The molecule has 2 nitrogen and oxygen atoms in total. The van der Waals surface area contributed by atoms with Crippen LogP contribution in [0.4, 0.5) is 5.69 Å². The molecule has 0 unspecified atom stereocenters. The highest BCUT2D eigenvalue weighted by atomic mass is 15.1. The molecule has 1 saturated heterocycles. The minimum atomic E-state index is 0.854. The number of piperidine rings is 1. The zero-order valence-corrected chi connectivity index (χ0v) is 10.6. The van der Waals surface area contributed by atoms with E-state index in [-0.39, 0.29) is 0 Å². The summed E-state index contributed by atoms with van der Waals surface area (Å²) in [7, 11) is 0. The standard InChI is InChI=1S/C12H18N2.C2H6/c13-12-6-4-11(5-7-12)10-14-8-2-1-3-9-14;1-2/h4-7H,1-3,8-10,13H2;1-2H3. The SMILES string of the molecule is CC.Nc1ccc(CN2CCCCC2)cc1. The van der Waals surface area contributed by atoms with Crippen LogP contribution in [0, 0.1) is 0 Å². The number of nitrogen functional groups attached to an aromatic ring is 1. The third-order valence-electron chi connectivity index (χ3n) is 2.83. The minimum absolute atomic E-state index is 0.854. The average Bonchev–Trinajstić information content (AvgIpc) is 2.36. The van der Waals surface area contributed by atoms with Gasteiger partial charge in [-0.2, -0.15) is 0 Å². The molecule has 0 radical (unpaired) electrons. The van der Waals surface area contributed by atoms with Crippen LogP contribution in [0.3, 0.4) is 0 Å². The van der Waals surface area contributed by atoms with Crippen LogP contribution in [0.5, 0.6) is 0 Å². The second kappa shape index (κ2) is 7.29. The molecule has 0 spiro atoms. The van der Waals surface area contributed by atoms with Crippen LogP contribution in [0.15, 0.2) is 24.3 Å². The van der Waals surface area contributed by atoms with Gasteiger partial charge in [0, 0.05) is 12.2 Å². The zero-order chi connectivity index (χ0) is 11.8. The van der Waals surface area contributed by atoms with Gasteiger partial charge in [-0.3, -0.25) is 4.90 Å². The molecule has 1 heterocycles. The number of likely N-dealkylation sites (tertiary alicyclic amines) is 1. The molecule has 0 aliphatic carbocycles. The van der Waals surface area contributed by atoms with E-state index in [1.807, 2.05) is 26.0 Å². The Morgan fingerprint density at radius 1 is 1.00 bits per heavy atom. The fourth-order valence-corrected chi connectivity index (χ4v) is 2.00. The molecule has 16 heavy (non-hydrogen) atoms. The Balaban J connectivity index is 0.000000606. The monoisotopic (exact) mass is 220 g/mol. The highest BCUT2D eigenvalue weighted by Gasteiger charge is 2.09. The van der Waals surface area contributed by atoms with E-state index in [9.17, 15) is 0 Å². The molecular formula is C14H24N2. The lowest BCUT2D eigenvalue weighted by molar-refractivity contribution is 0.221. The van der Waals surface area contributed by atoms with Crippen molar-refractivity contribution in [1.82, 2.24) is 4.90 Å². The predicted octanol–water partition coefficient (Wildman–Crippen LogP) is 3.28. The molecular weight excluding hydrogens is 196 g/mol. The summed E-state index contributed by atoms with van der Waals surface area (Å²) in [4.78, 5) is 2.52. The van der Waals surface area contributed by atoms with Crippen molar-refractivity contribution in [2.24, 2.45) is 0 Å². The van der Waals surface area contributed by atoms with E-state index in [1.54, 1.807) is 0 Å². The first-order chi connectivity index (χ1) is 7.84. The summed E-state index contributed by atoms with van der Waals surface area (Å²) in [6.07, 6.45) is 4.11. The van der Waals surface area contributed by atoms with E-state index >= 15 is 0 Å². The van der Waals surface area contributed by atoms with Gasteiger partial charge in [0.25, 0.3) is 0 Å². The summed E-state index contributed by atoms with van der Waals surface area (Å²) in [6, 6.07) is 8.23. The maximum absolute atomic E-state index is 5.65. The first kappa shape index (κ1) is 13.0. The normalized spacial score (nSPS) is 16.4. The number of rotatable bonds is 2. The van der Waals surface area contributed by atoms with Gasteiger partial charge < -0.3 is 5.73 Å². The fraction of sp³-hybridized carbons (Fsp3) is 0.571. The lowest BCUT2D eigenvalue weighted by Crippen LogP contribution is -2.29. The Labute approximate surface area is 99.5 Å². The number of anilines is 1. The summed E-state index contributed by atoms with van der Waals surface area (Å²) in [6.45, 7) is 7.59. The third-order valence-corrected chi connectivity index (χ3v) is 2.83. The highest BCUT2D eigenvalue weighted by Crippen LogP contribution is 2.13. The fourth-order valence-electron chi connectivity index (χ4n) is 2.00. The molecule has 2 heteroatoms. The summed E-state index contributed by atoms with van der Waals surface area (Å²) in [5, 5.41) is 0. The van der Waals surface area contributed by atoms with Gasteiger partial charge >= 0.3 is 0 Å². The van der Waals surface area contributed by atoms with Gasteiger partial charge in [0.05, 0.1) is 0 Å². The first-order valence-electron chi connectivity index (χ1n) is 6.41. The van der Waals surface area contributed by atoms with Crippen molar-refractivity contribution in [2.75, 3.05) is 18.8 Å². The molecule has 1 fully saturated rings. The topological polar surface area (TPSA) is 29.3 Å². The quantitative estimate of drug-likeness (QED) is 0.775. The van der Waals surface area contributed by atoms with Crippen molar-refractivity contribution in [3.05, 3.63) is 29.8 Å². The summed E-state index contributed by atoms with van der Waals surface area (Å²) < 4.78 is 0. The molecule has 90 valence electrons. The number of hydrogen-bond donors (Lipinski definition) is 1. The molecule has 1 aromatic carbocycles. The van der Waals surface area contributed by atoms with Crippen LogP contribution in [0.1, 0.15) is 38.7 Å². The summed E-state index contributed by atoms with van der Waals surface area (Å²) in [5.74, 6) is 0. The smallest absolute Gasteiger partial charge is 0.0314 e. The zero-order valence-electron chi connectivity index (χ0n) is 10.6. The molecule has 2 rings (SSSR count). The van der Waals surface area contributed by atoms with E-state index in [0.29, 0.717) is 0 Å². The molecule has 0 atom stereocenters. The summed E-state index contributed by atoms with van der Waals surface area (Å²) >= 11 is 0. The largest absolute Gasteiger partial charge is 0.399 e. The van der Waals surface area contributed by atoms with Crippen LogP contribution in [0.2, 0.25) is 0 Å². The van der Waals surface area contributed by atoms with Crippen LogP contribution >= 0.6 is 0 Å². The summed E-state index contributed by atoms with van der Waals surface area (Å²) in [5.41, 5.74) is 7.88. The third kappa shape index (κ3) is 4.23. The number of hydrogen-bond acceptors (Lipinski definition) is 2. The predicted molar refractivity (Wildman–Crippen MR) is 71.3 cm³/mol. The molecule has 0 amide bonds. The number of nitrogens with two attached hydrogens (primary N) is 1. The minimum Gasteiger partial charge on any atom is -0.399 e. The van der Waals surface area contributed by atoms with E-state index in [0.717, 1.165) is 12.2 Å². The van der Waals surface area contributed by atoms with E-state index in [1.165, 1.54) is 37.9 Å². The van der Waals surface area contributed by atoms with Gasteiger partial charge in [0.1, 0.15) is 0 Å². The molecule has 2 N–H and O–H groups in total. The number of nitrogens with zero attached hydrogens (tertiary/aromatic N) is 1. The van der Waals surface area contributed by atoms with Gasteiger partial charge in [0.15, 0.2) is 0 Å². The average molecular weight is 220 g/mol. The van der Waals surface area contributed by atoms with Crippen molar-refractivity contribution in [2.45, 2.75) is 39.7 Å². The molecule has 0 aromatic heterocycles. The van der Waals surface area contributed by atoms with E-state index in [4.69, 9.17) is 5.73 Å². The van der Waals surface area contributed by atoms with Crippen LogP contribution in [-0.4, -0.2) is 18.0 Å². The van der Waals surface area contributed by atoms with Gasteiger partial charge in [0.2, 0.25) is 0 Å². The van der Waals surface area contributed by atoms with Gasteiger partial charge in [-0.05, 0) is 43.6 Å². The highest BCUT2D eigenvalue weighted by molar-refractivity contribution is 5.39. The molecule has 1 aromatic rings. The van der Waals surface area contributed by atoms with Crippen molar-refractivity contribution >= 4 is 5.69 Å². The Hall–Kier alpha value is -1.02. The van der Waals surface area contributed by atoms with Crippen molar-refractivity contribution in [3.8, 4) is 0 Å². The van der Waals surface area contributed by atoms with Crippen LogP contribution < -0.4 is 5.73 Å². The molecule has 0 bridgehead atoms. The van der Waals surface area contributed by atoms with Gasteiger partial charge in [-0.25, -0.2) is 0 Å². The molecule has 1 aliphatic rings. The maximum Gasteiger partial charge on any atom is 0.0314 e. The second-order valence-electron chi connectivity index (χ2n) is 4.08. The first-order valence-corrected chi connectivity index (χ1v) is 6.41. The Bertz CT molecular complexity index is 273. The molecule has 1 aliphatic heterocycles. The maximum atomic E-state index is 5.65. The van der Waals surface area contributed by atoms with Gasteiger partial charge in [-0.15, -0.1) is 0 Å². The Morgan fingerprint density at radius 2 is 1.56 bits per heavy atom. The Kier molecular flexibility index (Phi) is 5.94. The van der Waals surface area contributed by atoms with Crippen molar-refractivity contribution in [1.29, 1.82) is 0 Å². The van der Waals surface area contributed by atoms with Crippen LogP contribution in [0.25, 0.3) is 0 Å². The lowest BCUT2D eigenvalue weighted by atomic mass is 10.1. The van der Waals surface area contributed by atoms with E-state index in [2.05, 4.69) is 17.0 Å².